The van der Waals surface area contributed by atoms with Crippen LogP contribution in [0.3, 0.4) is 0 Å². The quantitative estimate of drug-likeness (QED) is 0.692. The van der Waals surface area contributed by atoms with Crippen LogP contribution in [-0.2, 0) is 4.74 Å². The van der Waals surface area contributed by atoms with Crippen molar-refractivity contribution >= 4 is 22.8 Å². The lowest BCUT2D eigenvalue weighted by molar-refractivity contribution is 0.0208. The molecule has 2 heterocycles. The zero-order valence-corrected chi connectivity index (χ0v) is 15.7. The van der Waals surface area contributed by atoms with Gasteiger partial charge in [0.2, 0.25) is 0 Å². The second kappa shape index (κ2) is 6.59. The number of nitriles is 1. The number of benzene rings is 2. The summed E-state index contributed by atoms with van der Waals surface area (Å²) < 4.78 is 19.0. The van der Waals surface area contributed by atoms with E-state index in [1.807, 2.05) is 6.07 Å². The monoisotopic (exact) mass is 390 g/mol. The van der Waals surface area contributed by atoms with Crippen molar-refractivity contribution in [2.75, 3.05) is 11.4 Å². The van der Waals surface area contributed by atoms with Gasteiger partial charge in [0.05, 0.1) is 29.2 Å². The van der Waals surface area contributed by atoms with Crippen LogP contribution in [0.4, 0.5) is 14.9 Å². The summed E-state index contributed by atoms with van der Waals surface area (Å²) in [5.74, 6) is 0.853. The number of rotatable bonds is 2. The second-order valence-electron chi connectivity index (χ2n) is 7.85. The number of aromatic amines is 1. The lowest BCUT2D eigenvalue weighted by Crippen LogP contribution is -2.38. The Kier molecular flexibility index (Phi) is 4.02. The number of hydrogen-bond acceptors (Lipinski definition) is 4. The van der Waals surface area contributed by atoms with Crippen LogP contribution in [0.25, 0.3) is 11.0 Å². The van der Waals surface area contributed by atoms with Gasteiger partial charge in [-0.05, 0) is 68.1 Å². The lowest BCUT2D eigenvalue weighted by Gasteiger charge is -2.34. The Bertz CT molecular complexity index is 1120. The van der Waals surface area contributed by atoms with Crippen LogP contribution in [0.5, 0.6) is 0 Å². The van der Waals surface area contributed by atoms with Crippen LogP contribution in [0.2, 0.25) is 0 Å². The van der Waals surface area contributed by atoms with Gasteiger partial charge in [-0.3, -0.25) is 4.90 Å². The molecule has 1 aliphatic heterocycles. The smallest absolute Gasteiger partial charge is 0.415 e. The van der Waals surface area contributed by atoms with Crippen molar-refractivity contribution in [2.24, 2.45) is 0 Å². The Morgan fingerprint density at radius 2 is 1.97 bits per heavy atom. The molecule has 2 aromatic carbocycles. The van der Waals surface area contributed by atoms with Gasteiger partial charge in [-0.1, -0.05) is 0 Å². The molecule has 1 aliphatic carbocycles. The largest absolute Gasteiger partial charge is 0.441 e. The molecule has 0 bridgehead atoms. The maximum atomic E-state index is 13.2. The van der Waals surface area contributed by atoms with E-state index < -0.39 is 5.60 Å². The van der Waals surface area contributed by atoms with E-state index in [0.29, 0.717) is 17.8 Å². The standard InChI is InChI=1S/C22H19FN4O2/c23-16-2-4-17(5-3-16)27-13-22(29-21(27)28)9-7-15(8-10-22)20-25-18-6-1-14(12-24)11-19(18)26-20/h1-6,11,15H,7-10,13H2,(H,25,26)/t15-,22-. The Labute approximate surface area is 166 Å². The molecule has 2 aliphatic rings. The Morgan fingerprint density at radius 3 is 2.69 bits per heavy atom. The highest BCUT2D eigenvalue weighted by atomic mass is 19.1. The summed E-state index contributed by atoms with van der Waals surface area (Å²) >= 11 is 0. The van der Waals surface area contributed by atoms with E-state index in [0.717, 1.165) is 42.5 Å². The normalized spacial score (nSPS) is 24.1. The first-order valence-electron chi connectivity index (χ1n) is 9.71. The van der Waals surface area contributed by atoms with E-state index >= 15 is 0 Å². The number of anilines is 1. The van der Waals surface area contributed by atoms with E-state index in [9.17, 15) is 9.18 Å². The van der Waals surface area contributed by atoms with E-state index in [-0.39, 0.29) is 17.8 Å². The number of aromatic nitrogens is 2. The minimum absolute atomic E-state index is 0.261. The minimum Gasteiger partial charge on any atom is -0.441 e. The number of fused-ring (bicyclic) bond motifs is 1. The van der Waals surface area contributed by atoms with Crippen LogP contribution in [0, 0.1) is 17.1 Å². The number of H-pyrrole nitrogens is 1. The van der Waals surface area contributed by atoms with Crippen molar-refractivity contribution in [2.45, 2.75) is 37.2 Å². The lowest BCUT2D eigenvalue weighted by atomic mass is 9.78. The van der Waals surface area contributed by atoms with Crippen molar-refractivity contribution in [1.82, 2.24) is 9.97 Å². The van der Waals surface area contributed by atoms with Crippen LogP contribution < -0.4 is 4.90 Å². The molecular formula is C22H19FN4O2. The molecule has 1 aromatic heterocycles. The summed E-state index contributed by atoms with van der Waals surface area (Å²) in [6.45, 7) is 0.482. The van der Waals surface area contributed by atoms with Gasteiger partial charge in [-0.2, -0.15) is 5.26 Å². The molecular weight excluding hydrogens is 371 g/mol. The van der Waals surface area contributed by atoms with Gasteiger partial charge in [0.1, 0.15) is 17.2 Å². The number of imidazole rings is 1. The average molecular weight is 390 g/mol. The van der Waals surface area contributed by atoms with Gasteiger partial charge in [0.25, 0.3) is 0 Å². The molecule has 6 nitrogen and oxygen atoms in total. The highest BCUT2D eigenvalue weighted by molar-refractivity contribution is 5.90. The molecule has 3 aromatic rings. The summed E-state index contributed by atoms with van der Waals surface area (Å²) in [5.41, 5.74) is 2.48. The van der Waals surface area contributed by atoms with Crippen LogP contribution in [0.1, 0.15) is 43.0 Å². The topological polar surface area (TPSA) is 82.0 Å². The third kappa shape index (κ3) is 3.11. The van der Waals surface area contributed by atoms with Crippen molar-refractivity contribution in [3.8, 4) is 6.07 Å². The maximum absolute atomic E-state index is 13.2. The zero-order valence-electron chi connectivity index (χ0n) is 15.7. The number of amides is 1. The summed E-state index contributed by atoms with van der Waals surface area (Å²) in [6.07, 6.45) is 2.84. The van der Waals surface area contributed by atoms with Gasteiger partial charge in [0.15, 0.2) is 0 Å². The number of ether oxygens (including phenoxy) is 1. The molecule has 1 saturated heterocycles. The number of carbonyl (C=O) groups excluding carboxylic acids is 1. The van der Waals surface area contributed by atoms with Crippen molar-refractivity contribution in [3.05, 3.63) is 59.7 Å². The minimum atomic E-state index is -0.498. The number of halogens is 1. The molecule has 1 amide bonds. The number of carbonyl (C=O) groups is 1. The molecule has 7 heteroatoms. The molecule has 0 radical (unpaired) electrons. The number of hydrogen-bond donors (Lipinski definition) is 1. The highest BCUT2D eigenvalue weighted by Crippen LogP contribution is 2.43. The van der Waals surface area contributed by atoms with Gasteiger partial charge >= 0.3 is 6.09 Å². The predicted molar refractivity (Wildman–Crippen MR) is 105 cm³/mol. The molecule has 1 N–H and O–H groups in total. The first-order chi connectivity index (χ1) is 14.0. The molecule has 2 fully saturated rings. The first kappa shape index (κ1) is 17.7. The van der Waals surface area contributed by atoms with Crippen molar-refractivity contribution in [1.29, 1.82) is 5.26 Å². The summed E-state index contributed by atoms with van der Waals surface area (Å²) in [5, 5.41) is 9.06. The van der Waals surface area contributed by atoms with E-state index in [1.165, 1.54) is 12.1 Å². The molecule has 1 spiro atoms. The molecule has 146 valence electrons. The Balaban J connectivity index is 1.31. The van der Waals surface area contributed by atoms with Crippen LogP contribution in [0.15, 0.2) is 42.5 Å². The fraction of sp³-hybridized carbons (Fsp3) is 0.318. The average Bonchev–Trinajstić information content (AvgIpc) is 3.29. The fourth-order valence-electron chi connectivity index (χ4n) is 4.41. The summed E-state index contributed by atoms with van der Waals surface area (Å²) in [6, 6.07) is 13.5. The van der Waals surface area contributed by atoms with Crippen molar-refractivity contribution in [3.63, 3.8) is 0 Å². The van der Waals surface area contributed by atoms with Crippen molar-refractivity contribution < 1.29 is 13.9 Å². The van der Waals surface area contributed by atoms with Gasteiger partial charge in [-0.25, -0.2) is 14.2 Å². The molecule has 29 heavy (non-hydrogen) atoms. The van der Waals surface area contributed by atoms with Crippen LogP contribution in [-0.4, -0.2) is 28.2 Å². The number of nitrogens with zero attached hydrogens (tertiary/aromatic N) is 3. The Morgan fingerprint density at radius 1 is 1.21 bits per heavy atom. The van der Waals surface area contributed by atoms with E-state index in [1.54, 1.807) is 29.2 Å². The van der Waals surface area contributed by atoms with Gasteiger partial charge in [-0.15, -0.1) is 0 Å². The van der Waals surface area contributed by atoms with Crippen LogP contribution >= 0.6 is 0 Å². The fourth-order valence-corrected chi connectivity index (χ4v) is 4.41. The highest BCUT2D eigenvalue weighted by Gasteiger charge is 2.48. The van der Waals surface area contributed by atoms with E-state index in [4.69, 9.17) is 10.00 Å². The SMILES string of the molecule is N#Cc1ccc2[nH]c([C@H]3CC[C@]4(CC3)CN(c3ccc(F)cc3)C(=O)O4)nc2c1. The number of nitrogens with one attached hydrogen (secondary N) is 1. The van der Waals surface area contributed by atoms with Gasteiger partial charge in [0, 0.05) is 11.6 Å². The molecule has 0 atom stereocenters. The molecule has 1 saturated carbocycles. The third-order valence-corrected chi connectivity index (χ3v) is 6.02. The zero-order chi connectivity index (χ0) is 20.0. The molecule has 5 rings (SSSR count). The van der Waals surface area contributed by atoms with E-state index in [2.05, 4.69) is 16.0 Å². The molecule has 0 unspecified atom stereocenters. The second-order valence-corrected chi connectivity index (χ2v) is 7.85. The Hall–Kier alpha value is -3.40. The summed E-state index contributed by atoms with van der Waals surface area (Å²) in [7, 11) is 0. The summed E-state index contributed by atoms with van der Waals surface area (Å²) in [4.78, 5) is 22.1. The van der Waals surface area contributed by atoms with Gasteiger partial charge < -0.3 is 9.72 Å². The third-order valence-electron chi connectivity index (χ3n) is 6.02. The maximum Gasteiger partial charge on any atom is 0.415 e. The predicted octanol–water partition coefficient (Wildman–Crippen LogP) is 4.63. The first-order valence-corrected chi connectivity index (χ1v) is 9.71.